The lowest BCUT2D eigenvalue weighted by atomic mass is 10.1. The third kappa shape index (κ3) is 3.97. The van der Waals surface area contributed by atoms with Crippen molar-refractivity contribution in [2.45, 2.75) is 6.92 Å². The maximum Gasteiger partial charge on any atom is 0.339 e. The number of halogens is 1. The lowest BCUT2D eigenvalue weighted by Crippen LogP contribution is -2.25. The fourth-order valence-corrected chi connectivity index (χ4v) is 2.29. The number of nitrogens with one attached hydrogen (secondary N) is 2. The number of rotatable bonds is 3. The number of amides is 2. The molecule has 0 bridgehead atoms. The molecule has 0 radical (unpaired) electrons. The van der Waals surface area contributed by atoms with Crippen molar-refractivity contribution in [3.63, 3.8) is 0 Å². The second-order valence-corrected chi connectivity index (χ2v) is 5.56. The van der Waals surface area contributed by atoms with E-state index in [9.17, 15) is 4.79 Å². The molecular formula is C17H16ClN3O3. The normalized spacial score (nSPS) is 13.3. The third-order valence-electron chi connectivity index (χ3n) is 3.39. The van der Waals surface area contributed by atoms with Gasteiger partial charge in [0.2, 0.25) is 0 Å². The van der Waals surface area contributed by atoms with Crippen molar-refractivity contribution in [1.29, 1.82) is 0 Å². The van der Waals surface area contributed by atoms with Crippen LogP contribution in [0.5, 0.6) is 11.5 Å². The van der Waals surface area contributed by atoms with Gasteiger partial charge in [-0.15, -0.1) is 0 Å². The Morgan fingerprint density at radius 2 is 1.79 bits per heavy atom. The predicted octanol–water partition coefficient (Wildman–Crippen LogP) is 3.66. The van der Waals surface area contributed by atoms with Gasteiger partial charge in [0.15, 0.2) is 11.5 Å². The Bertz CT molecular complexity index is 775. The van der Waals surface area contributed by atoms with E-state index in [-0.39, 0.29) is 0 Å². The van der Waals surface area contributed by atoms with Crippen LogP contribution >= 0.6 is 11.6 Å². The van der Waals surface area contributed by atoms with E-state index in [0.29, 0.717) is 41.1 Å². The van der Waals surface area contributed by atoms with Crippen molar-refractivity contribution < 1.29 is 14.3 Å². The van der Waals surface area contributed by atoms with Gasteiger partial charge in [-0.25, -0.2) is 10.2 Å². The van der Waals surface area contributed by atoms with E-state index >= 15 is 0 Å². The summed E-state index contributed by atoms with van der Waals surface area (Å²) in [5.41, 5.74) is 4.58. The molecule has 0 fully saturated rings. The molecule has 0 atom stereocenters. The van der Waals surface area contributed by atoms with E-state index in [0.717, 1.165) is 5.56 Å². The van der Waals surface area contributed by atoms with Gasteiger partial charge in [-0.2, -0.15) is 5.10 Å². The van der Waals surface area contributed by atoms with Crippen LogP contribution in [0, 0.1) is 0 Å². The zero-order chi connectivity index (χ0) is 16.9. The molecule has 2 aromatic rings. The zero-order valence-electron chi connectivity index (χ0n) is 13.0. The minimum Gasteiger partial charge on any atom is -0.486 e. The highest BCUT2D eigenvalue weighted by Crippen LogP contribution is 2.30. The quantitative estimate of drug-likeness (QED) is 0.658. The molecule has 0 saturated heterocycles. The van der Waals surface area contributed by atoms with Crippen molar-refractivity contribution in [1.82, 2.24) is 5.43 Å². The number of urea groups is 1. The molecule has 1 aliphatic heterocycles. The largest absolute Gasteiger partial charge is 0.486 e. The number of nitrogens with zero attached hydrogens (tertiary/aromatic N) is 1. The van der Waals surface area contributed by atoms with Crippen LogP contribution in [0.3, 0.4) is 0 Å². The van der Waals surface area contributed by atoms with Crippen molar-refractivity contribution in [3.8, 4) is 11.5 Å². The predicted molar refractivity (Wildman–Crippen MR) is 93.2 cm³/mol. The van der Waals surface area contributed by atoms with Gasteiger partial charge < -0.3 is 14.8 Å². The van der Waals surface area contributed by atoms with E-state index in [1.807, 2.05) is 18.2 Å². The van der Waals surface area contributed by atoms with Crippen LogP contribution in [0.15, 0.2) is 47.6 Å². The monoisotopic (exact) mass is 345 g/mol. The van der Waals surface area contributed by atoms with Gasteiger partial charge in [0, 0.05) is 16.3 Å². The number of carbonyl (C=O) groups is 1. The van der Waals surface area contributed by atoms with E-state index in [4.69, 9.17) is 21.1 Å². The smallest absolute Gasteiger partial charge is 0.339 e. The molecule has 3 rings (SSSR count). The Balaban J connectivity index is 1.63. The van der Waals surface area contributed by atoms with Crippen molar-refractivity contribution in [2.24, 2.45) is 5.10 Å². The number of benzene rings is 2. The van der Waals surface area contributed by atoms with Crippen LogP contribution in [-0.2, 0) is 0 Å². The van der Waals surface area contributed by atoms with Gasteiger partial charge in [-0.05, 0) is 49.4 Å². The first-order valence-electron chi connectivity index (χ1n) is 7.39. The third-order valence-corrected chi connectivity index (χ3v) is 3.64. The standard InChI is InChI=1S/C17H16ClN3O3/c1-11(12-2-7-15-16(10-12)24-9-8-23-15)20-21-17(22)19-14-5-3-13(18)4-6-14/h2-7,10H,8-9H2,1H3,(H2,19,21,22). The summed E-state index contributed by atoms with van der Waals surface area (Å²) in [5, 5.41) is 7.36. The van der Waals surface area contributed by atoms with Crippen LogP contribution in [0.4, 0.5) is 10.5 Å². The minimum absolute atomic E-state index is 0.436. The highest BCUT2D eigenvalue weighted by molar-refractivity contribution is 6.30. The molecule has 24 heavy (non-hydrogen) atoms. The van der Waals surface area contributed by atoms with Crippen LogP contribution in [0.25, 0.3) is 0 Å². The number of hydrogen-bond acceptors (Lipinski definition) is 4. The van der Waals surface area contributed by atoms with E-state index < -0.39 is 6.03 Å². The highest BCUT2D eigenvalue weighted by Gasteiger charge is 2.12. The topological polar surface area (TPSA) is 72.0 Å². The van der Waals surface area contributed by atoms with Gasteiger partial charge in [0.05, 0.1) is 5.71 Å². The lowest BCUT2D eigenvalue weighted by Gasteiger charge is -2.18. The molecule has 124 valence electrons. The van der Waals surface area contributed by atoms with Crippen LogP contribution in [0.1, 0.15) is 12.5 Å². The maximum atomic E-state index is 11.9. The summed E-state index contributed by atoms with van der Waals surface area (Å²) in [5.74, 6) is 1.39. The summed E-state index contributed by atoms with van der Waals surface area (Å²) < 4.78 is 11.0. The van der Waals surface area contributed by atoms with Gasteiger partial charge in [-0.1, -0.05) is 11.6 Å². The van der Waals surface area contributed by atoms with Gasteiger partial charge in [0.25, 0.3) is 0 Å². The molecule has 2 aromatic carbocycles. The van der Waals surface area contributed by atoms with E-state index in [2.05, 4.69) is 15.8 Å². The maximum absolute atomic E-state index is 11.9. The Morgan fingerprint density at radius 3 is 2.54 bits per heavy atom. The Morgan fingerprint density at radius 1 is 1.08 bits per heavy atom. The Kier molecular flexibility index (Phi) is 4.86. The second kappa shape index (κ2) is 7.23. The van der Waals surface area contributed by atoms with Crippen molar-refractivity contribution in [3.05, 3.63) is 53.1 Å². The SMILES string of the molecule is CC(=NNC(=O)Nc1ccc(Cl)cc1)c1ccc2c(c1)OCCO2. The molecule has 0 aliphatic carbocycles. The molecule has 1 heterocycles. The molecule has 2 N–H and O–H groups in total. The number of ether oxygens (including phenoxy) is 2. The highest BCUT2D eigenvalue weighted by atomic mass is 35.5. The summed E-state index contributed by atoms with van der Waals surface area (Å²) in [6.45, 7) is 2.87. The second-order valence-electron chi connectivity index (χ2n) is 5.13. The van der Waals surface area contributed by atoms with Gasteiger partial charge >= 0.3 is 6.03 Å². The van der Waals surface area contributed by atoms with Crippen molar-refractivity contribution >= 4 is 29.0 Å². The molecule has 0 unspecified atom stereocenters. The minimum atomic E-state index is -0.436. The average Bonchev–Trinajstić information content (AvgIpc) is 2.61. The summed E-state index contributed by atoms with van der Waals surface area (Å²) in [6, 6.07) is 11.9. The van der Waals surface area contributed by atoms with Gasteiger partial charge in [-0.3, -0.25) is 0 Å². The molecular weight excluding hydrogens is 330 g/mol. The Hall–Kier alpha value is -2.73. The molecule has 0 aromatic heterocycles. The molecule has 2 amide bonds. The van der Waals surface area contributed by atoms with Crippen LogP contribution in [0.2, 0.25) is 5.02 Å². The van der Waals surface area contributed by atoms with E-state index in [1.165, 1.54) is 0 Å². The molecule has 7 heteroatoms. The summed E-state index contributed by atoms with van der Waals surface area (Å²) in [6.07, 6.45) is 0. The summed E-state index contributed by atoms with van der Waals surface area (Å²) in [4.78, 5) is 11.9. The summed E-state index contributed by atoms with van der Waals surface area (Å²) >= 11 is 5.80. The van der Waals surface area contributed by atoms with Crippen LogP contribution < -0.4 is 20.2 Å². The molecule has 1 aliphatic rings. The number of hydrogen-bond donors (Lipinski definition) is 2. The van der Waals surface area contributed by atoms with Crippen molar-refractivity contribution in [2.75, 3.05) is 18.5 Å². The fraction of sp³-hybridized carbons (Fsp3) is 0.176. The number of hydrazone groups is 1. The first kappa shape index (κ1) is 16.1. The fourth-order valence-electron chi connectivity index (χ4n) is 2.16. The summed E-state index contributed by atoms with van der Waals surface area (Å²) in [7, 11) is 0. The van der Waals surface area contributed by atoms with Crippen LogP contribution in [-0.4, -0.2) is 25.0 Å². The molecule has 0 spiro atoms. The van der Waals surface area contributed by atoms with E-state index in [1.54, 1.807) is 31.2 Å². The number of carbonyl (C=O) groups excluding carboxylic acids is 1. The first-order valence-corrected chi connectivity index (χ1v) is 7.76. The first-order chi connectivity index (χ1) is 11.6. The number of anilines is 1. The molecule has 0 saturated carbocycles. The zero-order valence-corrected chi connectivity index (χ0v) is 13.8. The average molecular weight is 346 g/mol. The Labute approximate surface area is 144 Å². The molecule has 6 nitrogen and oxygen atoms in total. The number of fused-ring (bicyclic) bond motifs is 1. The van der Waals surface area contributed by atoms with Gasteiger partial charge in [0.1, 0.15) is 13.2 Å². The lowest BCUT2D eigenvalue weighted by molar-refractivity contribution is 0.171.